The molecule has 2 heterocycles. The molecule has 1 aromatic heterocycles. The average molecular weight is 327 g/mol. The monoisotopic (exact) mass is 327 g/mol. The smallest absolute Gasteiger partial charge is 0.360 e. The van der Waals surface area contributed by atoms with Crippen molar-refractivity contribution in [3.63, 3.8) is 0 Å². The Bertz CT molecular complexity index is 672. The van der Waals surface area contributed by atoms with Crippen molar-refractivity contribution in [2.75, 3.05) is 29.4 Å². The zero-order chi connectivity index (χ0) is 16.4. The highest BCUT2D eigenvalue weighted by molar-refractivity contribution is 5.73. The van der Waals surface area contributed by atoms with Gasteiger partial charge in [0.05, 0.1) is 24.5 Å². The van der Waals surface area contributed by atoms with E-state index >= 15 is 0 Å². The third-order valence-electron chi connectivity index (χ3n) is 3.59. The van der Waals surface area contributed by atoms with Gasteiger partial charge in [-0.2, -0.15) is 18.2 Å². The fourth-order valence-corrected chi connectivity index (χ4v) is 2.63. The number of nitrogens with two attached hydrogens (primary N) is 1. The number of alkyl halides is 3. The van der Waals surface area contributed by atoms with Gasteiger partial charge in [0, 0.05) is 13.1 Å². The average Bonchev–Trinajstić information content (AvgIpc) is 2.96. The summed E-state index contributed by atoms with van der Waals surface area (Å²) in [5.41, 5.74) is 6.71. The molecule has 0 spiro atoms. The van der Waals surface area contributed by atoms with Gasteiger partial charge in [0.25, 0.3) is 0 Å². The number of para-hydroxylation sites is 2. The summed E-state index contributed by atoms with van der Waals surface area (Å²) in [6.07, 6.45) is -4.24. The molecule has 0 fully saturated rings. The first-order valence-electron chi connectivity index (χ1n) is 7.13. The maximum atomic E-state index is 12.7. The van der Waals surface area contributed by atoms with Gasteiger partial charge >= 0.3 is 6.18 Å². The largest absolute Gasteiger partial charge is 0.405 e. The van der Waals surface area contributed by atoms with Crippen LogP contribution in [0.4, 0.5) is 24.5 Å². The van der Waals surface area contributed by atoms with E-state index < -0.39 is 12.7 Å². The van der Waals surface area contributed by atoms with E-state index in [0.717, 1.165) is 5.69 Å². The molecule has 3 rings (SSSR count). The minimum atomic E-state index is -4.24. The van der Waals surface area contributed by atoms with Crippen molar-refractivity contribution in [1.29, 1.82) is 0 Å². The first-order chi connectivity index (χ1) is 11.0. The summed E-state index contributed by atoms with van der Waals surface area (Å²) in [5.74, 6) is 0.800. The summed E-state index contributed by atoms with van der Waals surface area (Å²) in [6, 6.07) is 7.01. The van der Waals surface area contributed by atoms with E-state index in [2.05, 4.69) is 10.1 Å². The van der Waals surface area contributed by atoms with Gasteiger partial charge < -0.3 is 20.1 Å². The summed E-state index contributed by atoms with van der Waals surface area (Å²) in [5, 5.41) is 3.83. The zero-order valence-electron chi connectivity index (χ0n) is 12.3. The number of aromatic nitrogens is 2. The Kier molecular flexibility index (Phi) is 4.12. The highest BCUT2D eigenvalue weighted by Crippen LogP contribution is 2.35. The maximum absolute atomic E-state index is 12.7. The van der Waals surface area contributed by atoms with Crippen LogP contribution in [-0.4, -0.2) is 36.0 Å². The highest BCUT2D eigenvalue weighted by atomic mass is 19.4. The van der Waals surface area contributed by atoms with E-state index in [1.807, 2.05) is 4.90 Å². The van der Waals surface area contributed by atoms with Crippen molar-refractivity contribution in [2.24, 2.45) is 5.73 Å². The minimum Gasteiger partial charge on any atom is -0.360 e. The molecular weight excluding hydrogens is 311 g/mol. The van der Waals surface area contributed by atoms with Crippen LogP contribution in [0.1, 0.15) is 11.7 Å². The molecule has 2 N–H and O–H groups in total. The second kappa shape index (κ2) is 6.07. The lowest BCUT2D eigenvalue weighted by Crippen LogP contribution is -2.44. The Morgan fingerprint density at radius 3 is 2.39 bits per heavy atom. The van der Waals surface area contributed by atoms with Gasteiger partial charge in [-0.15, -0.1) is 0 Å². The lowest BCUT2D eigenvalue weighted by molar-refractivity contribution is -0.119. The predicted molar refractivity (Wildman–Crippen MR) is 77.9 cm³/mol. The third kappa shape index (κ3) is 3.55. The molecule has 6 nitrogen and oxygen atoms in total. The number of hydrogen-bond donors (Lipinski definition) is 1. The Balaban J connectivity index is 1.82. The van der Waals surface area contributed by atoms with Crippen LogP contribution in [0.5, 0.6) is 0 Å². The summed E-state index contributed by atoms with van der Waals surface area (Å²) < 4.78 is 43.1. The molecule has 23 heavy (non-hydrogen) atoms. The number of nitrogens with zero attached hydrogens (tertiary/aromatic N) is 4. The standard InChI is InChI=1S/C14H16F3N5O/c15-14(16,17)9-22-6-5-21(10-3-1-2-4-11(10)22)8-12-19-13(7-18)23-20-12/h1-4H,5-9,18H2. The van der Waals surface area contributed by atoms with Crippen molar-refractivity contribution in [3.05, 3.63) is 36.0 Å². The van der Waals surface area contributed by atoms with Crippen molar-refractivity contribution in [3.8, 4) is 0 Å². The Labute approximate surface area is 130 Å². The molecule has 2 aromatic rings. The number of benzene rings is 1. The molecule has 0 aliphatic carbocycles. The molecule has 0 unspecified atom stereocenters. The van der Waals surface area contributed by atoms with Crippen LogP contribution in [0.2, 0.25) is 0 Å². The molecule has 9 heteroatoms. The maximum Gasteiger partial charge on any atom is 0.405 e. The van der Waals surface area contributed by atoms with Crippen LogP contribution in [0, 0.1) is 0 Å². The Hall–Kier alpha value is -2.29. The highest BCUT2D eigenvalue weighted by Gasteiger charge is 2.34. The number of fused-ring (bicyclic) bond motifs is 1. The summed E-state index contributed by atoms with van der Waals surface area (Å²) in [7, 11) is 0. The van der Waals surface area contributed by atoms with Crippen molar-refractivity contribution >= 4 is 11.4 Å². The number of halogens is 3. The van der Waals surface area contributed by atoms with Crippen molar-refractivity contribution < 1.29 is 17.7 Å². The Morgan fingerprint density at radius 2 is 1.78 bits per heavy atom. The van der Waals surface area contributed by atoms with Gasteiger partial charge in [-0.05, 0) is 12.1 Å². The van der Waals surface area contributed by atoms with E-state index in [0.29, 0.717) is 30.5 Å². The molecule has 124 valence electrons. The van der Waals surface area contributed by atoms with Gasteiger partial charge in [0.15, 0.2) is 5.82 Å². The van der Waals surface area contributed by atoms with Gasteiger partial charge in [0.1, 0.15) is 6.54 Å². The number of rotatable bonds is 4. The second-order valence-corrected chi connectivity index (χ2v) is 5.26. The van der Waals surface area contributed by atoms with Gasteiger partial charge in [-0.25, -0.2) is 0 Å². The lowest BCUT2D eigenvalue weighted by Gasteiger charge is -2.38. The van der Waals surface area contributed by atoms with Gasteiger partial charge in [-0.1, -0.05) is 17.3 Å². The van der Waals surface area contributed by atoms with E-state index in [-0.39, 0.29) is 13.1 Å². The second-order valence-electron chi connectivity index (χ2n) is 5.26. The minimum absolute atomic E-state index is 0.156. The first kappa shape index (κ1) is 15.6. The van der Waals surface area contributed by atoms with Crippen LogP contribution in [0.25, 0.3) is 0 Å². The van der Waals surface area contributed by atoms with E-state index in [1.54, 1.807) is 24.3 Å². The molecule has 1 aliphatic heterocycles. The molecule has 1 aliphatic rings. The molecule has 0 bridgehead atoms. The van der Waals surface area contributed by atoms with E-state index in [1.165, 1.54) is 4.90 Å². The zero-order valence-corrected chi connectivity index (χ0v) is 12.3. The predicted octanol–water partition coefficient (Wildman–Crippen LogP) is 1.92. The summed E-state index contributed by atoms with van der Waals surface area (Å²) in [6.45, 7) is 0.276. The van der Waals surface area contributed by atoms with Gasteiger partial charge in [-0.3, -0.25) is 0 Å². The van der Waals surface area contributed by atoms with Crippen LogP contribution in [0.15, 0.2) is 28.8 Å². The topological polar surface area (TPSA) is 71.4 Å². The molecule has 0 amide bonds. The van der Waals surface area contributed by atoms with Gasteiger partial charge in [0.2, 0.25) is 5.89 Å². The van der Waals surface area contributed by atoms with Crippen LogP contribution >= 0.6 is 0 Å². The van der Waals surface area contributed by atoms with E-state index in [9.17, 15) is 13.2 Å². The molecule has 0 radical (unpaired) electrons. The fourth-order valence-electron chi connectivity index (χ4n) is 2.63. The molecule has 0 saturated heterocycles. The molecule has 0 saturated carbocycles. The normalized spacial score (nSPS) is 15.0. The SMILES string of the molecule is NCc1nc(CN2CCN(CC(F)(F)F)c3ccccc32)no1. The lowest BCUT2D eigenvalue weighted by atomic mass is 10.1. The third-order valence-corrected chi connectivity index (χ3v) is 3.59. The number of hydrogen-bond acceptors (Lipinski definition) is 6. The quantitative estimate of drug-likeness (QED) is 0.925. The summed E-state index contributed by atoms with van der Waals surface area (Å²) >= 11 is 0. The van der Waals surface area contributed by atoms with Crippen LogP contribution in [-0.2, 0) is 13.1 Å². The van der Waals surface area contributed by atoms with E-state index in [4.69, 9.17) is 10.3 Å². The number of anilines is 2. The van der Waals surface area contributed by atoms with Crippen molar-refractivity contribution in [2.45, 2.75) is 19.3 Å². The summed E-state index contributed by atoms with van der Waals surface area (Å²) in [4.78, 5) is 7.41. The Morgan fingerprint density at radius 1 is 1.13 bits per heavy atom. The van der Waals surface area contributed by atoms with Crippen LogP contribution < -0.4 is 15.5 Å². The van der Waals surface area contributed by atoms with Crippen molar-refractivity contribution in [1.82, 2.24) is 10.1 Å². The molecular formula is C14H16F3N5O. The molecule has 0 atom stereocenters. The molecule has 1 aromatic carbocycles. The van der Waals surface area contributed by atoms with Crippen LogP contribution in [0.3, 0.4) is 0 Å². The first-order valence-corrected chi connectivity index (χ1v) is 7.13. The fraction of sp³-hybridized carbons (Fsp3) is 0.429.